The highest BCUT2D eigenvalue weighted by Gasteiger charge is 2.11. The summed E-state index contributed by atoms with van der Waals surface area (Å²) in [6.07, 6.45) is 4.94. The Kier molecular flexibility index (Phi) is 3.62. The standard InChI is InChI=1S/C19H14N4O3/c1-21-16-4-2-3-5-17(16)22-12-14(20-19(21)22)8-11-18(24)13-6-9-15(10-7-13)23(25)26/h2-12H,1H3/b11-8+. The van der Waals surface area contributed by atoms with Crippen LogP contribution in [0.1, 0.15) is 16.1 Å². The van der Waals surface area contributed by atoms with Crippen LogP contribution in [0.3, 0.4) is 0 Å². The molecule has 4 rings (SSSR count). The Morgan fingerprint density at radius 1 is 1.12 bits per heavy atom. The van der Waals surface area contributed by atoms with Crippen molar-refractivity contribution >= 4 is 34.4 Å². The molecule has 0 fully saturated rings. The van der Waals surface area contributed by atoms with Crippen molar-refractivity contribution in [3.8, 4) is 0 Å². The van der Waals surface area contributed by atoms with Gasteiger partial charge in [0.1, 0.15) is 0 Å². The van der Waals surface area contributed by atoms with Gasteiger partial charge in [-0.25, -0.2) is 4.98 Å². The Balaban J connectivity index is 1.63. The first-order valence-electron chi connectivity index (χ1n) is 7.94. The fraction of sp³-hybridized carbons (Fsp3) is 0.0526. The van der Waals surface area contributed by atoms with E-state index in [1.807, 2.05) is 46.5 Å². The van der Waals surface area contributed by atoms with Crippen LogP contribution in [-0.2, 0) is 7.05 Å². The zero-order valence-electron chi connectivity index (χ0n) is 13.9. The molecule has 0 aliphatic carbocycles. The van der Waals surface area contributed by atoms with Crippen LogP contribution in [0.15, 0.2) is 60.8 Å². The van der Waals surface area contributed by atoms with Crippen molar-refractivity contribution < 1.29 is 9.72 Å². The van der Waals surface area contributed by atoms with Gasteiger partial charge in [0, 0.05) is 30.9 Å². The second kappa shape index (κ2) is 5.96. The first kappa shape index (κ1) is 15.8. The number of aromatic nitrogens is 3. The number of carbonyl (C=O) groups excluding carboxylic acids is 1. The molecule has 0 saturated heterocycles. The second-order valence-electron chi connectivity index (χ2n) is 5.89. The normalized spacial score (nSPS) is 11.6. The highest BCUT2D eigenvalue weighted by molar-refractivity contribution is 6.06. The van der Waals surface area contributed by atoms with Gasteiger partial charge in [0.25, 0.3) is 5.69 Å². The smallest absolute Gasteiger partial charge is 0.269 e. The molecule has 7 nitrogen and oxygen atoms in total. The number of nitro groups is 1. The van der Waals surface area contributed by atoms with Crippen molar-refractivity contribution in [3.05, 3.63) is 82.2 Å². The number of para-hydroxylation sites is 2. The zero-order chi connectivity index (χ0) is 18.3. The molecule has 128 valence electrons. The summed E-state index contributed by atoms with van der Waals surface area (Å²) in [6, 6.07) is 13.5. The van der Waals surface area contributed by atoms with E-state index in [9.17, 15) is 14.9 Å². The molecule has 0 saturated carbocycles. The fourth-order valence-corrected chi connectivity index (χ4v) is 2.95. The van der Waals surface area contributed by atoms with E-state index in [4.69, 9.17) is 0 Å². The van der Waals surface area contributed by atoms with Crippen molar-refractivity contribution in [2.75, 3.05) is 0 Å². The molecule has 2 aromatic heterocycles. The van der Waals surface area contributed by atoms with Crippen molar-refractivity contribution in [1.82, 2.24) is 14.0 Å². The minimum Gasteiger partial charge on any atom is -0.313 e. The Morgan fingerprint density at radius 3 is 2.50 bits per heavy atom. The largest absolute Gasteiger partial charge is 0.313 e. The van der Waals surface area contributed by atoms with Crippen LogP contribution in [0.2, 0.25) is 0 Å². The summed E-state index contributed by atoms with van der Waals surface area (Å²) < 4.78 is 3.97. The van der Waals surface area contributed by atoms with Crippen LogP contribution in [0.4, 0.5) is 5.69 Å². The first-order valence-corrected chi connectivity index (χ1v) is 7.94. The van der Waals surface area contributed by atoms with Crippen molar-refractivity contribution in [1.29, 1.82) is 0 Å². The Bertz CT molecular complexity index is 1180. The first-order chi connectivity index (χ1) is 12.5. The molecule has 0 unspecified atom stereocenters. The minimum atomic E-state index is -0.495. The summed E-state index contributed by atoms with van der Waals surface area (Å²) in [5, 5.41) is 10.7. The van der Waals surface area contributed by atoms with Gasteiger partial charge in [0.2, 0.25) is 5.78 Å². The van der Waals surface area contributed by atoms with E-state index in [1.165, 1.54) is 30.3 Å². The van der Waals surface area contributed by atoms with Gasteiger partial charge in [-0.05, 0) is 36.4 Å². The maximum atomic E-state index is 12.2. The van der Waals surface area contributed by atoms with E-state index in [0.717, 1.165) is 16.8 Å². The van der Waals surface area contributed by atoms with Crippen LogP contribution in [0.25, 0.3) is 22.9 Å². The number of nitrogens with zero attached hydrogens (tertiary/aromatic N) is 4. The third kappa shape index (κ3) is 2.55. The number of imidazole rings is 2. The summed E-state index contributed by atoms with van der Waals surface area (Å²) in [7, 11) is 1.94. The highest BCUT2D eigenvalue weighted by atomic mass is 16.6. The zero-order valence-corrected chi connectivity index (χ0v) is 13.9. The molecule has 2 heterocycles. The van der Waals surface area contributed by atoms with E-state index < -0.39 is 4.92 Å². The SMILES string of the molecule is Cn1c2ccccc2n2cc(/C=C/C(=O)c3ccc([N+](=O)[O-])cc3)nc12. The fourth-order valence-electron chi connectivity index (χ4n) is 2.95. The molecule has 0 atom stereocenters. The van der Waals surface area contributed by atoms with Gasteiger partial charge in [-0.3, -0.25) is 19.3 Å². The third-order valence-corrected chi connectivity index (χ3v) is 4.28. The van der Waals surface area contributed by atoms with Gasteiger partial charge in [-0.1, -0.05) is 12.1 Å². The molecule has 0 amide bonds. The van der Waals surface area contributed by atoms with Gasteiger partial charge in [-0.15, -0.1) is 0 Å². The number of hydrogen-bond acceptors (Lipinski definition) is 4. The maximum Gasteiger partial charge on any atom is 0.269 e. The molecule has 0 bridgehead atoms. The van der Waals surface area contributed by atoms with Crippen LogP contribution in [-0.4, -0.2) is 24.7 Å². The molecule has 0 N–H and O–H groups in total. The number of fused-ring (bicyclic) bond motifs is 3. The molecular formula is C19H14N4O3. The average Bonchev–Trinajstić information content (AvgIpc) is 3.19. The minimum absolute atomic E-state index is 0.0437. The summed E-state index contributed by atoms with van der Waals surface area (Å²) in [6.45, 7) is 0. The lowest BCUT2D eigenvalue weighted by molar-refractivity contribution is -0.384. The van der Waals surface area contributed by atoms with E-state index in [2.05, 4.69) is 4.98 Å². The van der Waals surface area contributed by atoms with Gasteiger partial charge in [0.15, 0.2) is 5.78 Å². The molecule has 0 spiro atoms. The number of ketones is 1. The molecule has 4 aromatic rings. The molecule has 0 aliphatic rings. The maximum absolute atomic E-state index is 12.2. The van der Waals surface area contributed by atoms with Gasteiger partial charge < -0.3 is 4.57 Å². The lowest BCUT2D eigenvalue weighted by atomic mass is 10.1. The summed E-state index contributed by atoms with van der Waals surface area (Å²) >= 11 is 0. The van der Waals surface area contributed by atoms with Crippen molar-refractivity contribution in [3.63, 3.8) is 0 Å². The van der Waals surface area contributed by atoms with Gasteiger partial charge in [-0.2, -0.15) is 0 Å². The Labute approximate surface area is 148 Å². The summed E-state index contributed by atoms with van der Waals surface area (Å²) in [5.41, 5.74) is 3.13. The molecule has 0 aliphatic heterocycles. The number of non-ortho nitro benzene ring substituents is 1. The van der Waals surface area contributed by atoms with Gasteiger partial charge in [0.05, 0.1) is 21.7 Å². The molecular weight excluding hydrogens is 332 g/mol. The Hall–Kier alpha value is -3.74. The molecule has 26 heavy (non-hydrogen) atoms. The summed E-state index contributed by atoms with van der Waals surface area (Å²) in [4.78, 5) is 27.0. The highest BCUT2D eigenvalue weighted by Crippen LogP contribution is 2.20. The lowest BCUT2D eigenvalue weighted by Gasteiger charge is -1.95. The van der Waals surface area contributed by atoms with E-state index in [-0.39, 0.29) is 11.5 Å². The number of aryl methyl sites for hydroxylation is 1. The van der Waals surface area contributed by atoms with E-state index >= 15 is 0 Å². The predicted octanol–water partition coefficient (Wildman–Crippen LogP) is 3.63. The molecule has 2 aromatic carbocycles. The number of carbonyl (C=O) groups is 1. The number of nitro benzene ring substituents is 1. The van der Waals surface area contributed by atoms with Crippen LogP contribution in [0, 0.1) is 10.1 Å². The molecule has 0 radical (unpaired) electrons. The average molecular weight is 346 g/mol. The van der Waals surface area contributed by atoms with E-state index in [1.54, 1.807) is 6.08 Å². The Morgan fingerprint density at radius 2 is 1.81 bits per heavy atom. The third-order valence-electron chi connectivity index (χ3n) is 4.28. The lowest BCUT2D eigenvalue weighted by Crippen LogP contribution is -1.95. The van der Waals surface area contributed by atoms with Gasteiger partial charge >= 0.3 is 0 Å². The van der Waals surface area contributed by atoms with Crippen LogP contribution in [0.5, 0.6) is 0 Å². The topological polar surface area (TPSA) is 82.4 Å². The molecule has 7 heteroatoms. The number of hydrogen-bond donors (Lipinski definition) is 0. The van der Waals surface area contributed by atoms with E-state index in [0.29, 0.717) is 11.3 Å². The predicted molar refractivity (Wildman–Crippen MR) is 98.1 cm³/mol. The number of rotatable bonds is 4. The van der Waals surface area contributed by atoms with Crippen molar-refractivity contribution in [2.24, 2.45) is 7.05 Å². The second-order valence-corrected chi connectivity index (χ2v) is 5.89. The number of benzene rings is 2. The summed E-state index contributed by atoms with van der Waals surface area (Å²) in [5.74, 6) is 0.551. The quantitative estimate of drug-likeness (QED) is 0.244. The number of allylic oxidation sites excluding steroid dienone is 1. The van der Waals surface area contributed by atoms with Crippen LogP contribution < -0.4 is 0 Å². The van der Waals surface area contributed by atoms with Crippen molar-refractivity contribution in [2.45, 2.75) is 0 Å². The monoisotopic (exact) mass is 346 g/mol. The van der Waals surface area contributed by atoms with Crippen LogP contribution >= 0.6 is 0 Å².